The Labute approximate surface area is 215 Å². The topological polar surface area (TPSA) is 135 Å². The summed E-state index contributed by atoms with van der Waals surface area (Å²) in [5, 5.41) is 17.0. The normalized spacial score (nSPS) is 21.6. The second-order valence-corrected chi connectivity index (χ2v) is 9.68. The molecule has 0 amide bonds. The van der Waals surface area contributed by atoms with Crippen molar-refractivity contribution in [3.05, 3.63) is 30.2 Å². The van der Waals surface area contributed by atoms with Gasteiger partial charge in [-0.2, -0.15) is 10.2 Å². The highest BCUT2D eigenvalue weighted by molar-refractivity contribution is 5.88. The van der Waals surface area contributed by atoms with Gasteiger partial charge in [0.2, 0.25) is 5.95 Å². The number of aromatic nitrogens is 6. The van der Waals surface area contributed by atoms with E-state index >= 15 is 4.39 Å². The summed E-state index contributed by atoms with van der Waals surface area (Å²) in [6.45, 7) is 2.38. The molecule has 6 rings (SSSR count). The number of nitrogens with two attached hydrogens (primary N) is 1. The molecule has 6 heterocycles. The number of nitrogen functional groups attached to an aromatic ring is 1. The fraction of sp³-hybridized carbons (Fsp3) is 0.458. The van der Waals surface area contributed by atoms with Crippen LogP contribution in [0.2, 0.25) is 0 Å². The van der Waals surface area contributed by atoms with E-state index in [-0.39, 0.29) is 31.5 Å². The summed E-state index contributed by atoms with van der Waals surface area (Å²) in [5.41, 5.74) is 8.05. The molecular formula is C24H25F3N10O. The molecule has 2 fully saturated rings. The van der Waals surface area contributed by atoms with Crippen molar-refractivity contribution in [3.63, 3.8) is 0 Å². The number of fused-ring (bicyclic) bond motifs is 2. The highest BCUT2D eigenvalue weighted by atomic mass is 19.3. The Morgan fingerprint density at radius 1 is 1.26 bits per heavy atom. The third-order valence-corrected chi connectivity index (χ3v) is 7.27. The van der Waals surface area contributed by atoms with E-state index in [0.29, 0.717) is 46.7 Å². The first kappa shape index (κ1) is 24.4. The molecule has 2 aliphatic rings. The summed E-state index contributed by atoms with van der Waals surface area (Å²) in [6, 6.07) is 6.94. The zero-order valence-electron chi connectivity index (χ0n) is 20.5. The van der Waals surface area contributed by atoms with Gasteiger partial charge in [0.25, 0.3) is 6.43 Å². The number of nitrogens with one attached hydrogen (secondary N) is 1. The molecule has 0 saturated carbocycles. The maximum absolute atomic E-state index is 15.1. The van der Waals surface area contributed by atoms with Gasteiger partial charge in [0.05, 0.1) is 37.6 Å². The number of aryl methyl sites for hydroxylation is 1. The molecule has 14 heteroatoms. The summed E-state index contributed by atoms with van der Waals surface area (Å²) in [5.74, 6) is 0.782. The highest BCUT2D eigenvalue weighted by Gasteiger charge is 2.48. The Balaban J connectivity index is 1.25. The van der Waals surface area contributed by atoms with Crippen molar-refractivity contribution in [2.75, 3.05) is 37.4 Å². The highest BCUT2D eigenvalue weighted by Crippen LogP contribution is 2.32. The number of pyridine rings is 1. The number of nitrogens with zero attached hydrogens (tertiary/aromatic N) is 8. The first-order valence-corrected chi connectivity index (χ1v) is 12.2. The number of piperidine rings is 1. The van der Waals surface area contributed by atoms with Crippen LogP contribution in [-0.4, -0.2) is 84.5 Å². The van der Waals surface area contributed by atoms with Gasteiger partial charge in [-0.25, -0.2) is 27.7 Å². The number of likely N-dealkylation sites (tertiary alicyclic amines) is 1. The van der Waals surface area contributed by atoms with Gasteiger partial charge in [0.15, 0.2) is 17.0 Å². The van der Waals surface area contributed by atoms with Crippen LogP contribution in [0.15, 0.2) is 24.4 Å². The smallest absolute Gasteiger partial charge is 0.256 e. The molecule has 11 nitrogen and oxygen atoms in total. The molecule has 0 aliphatic carbocycles. The van der Waals surface area contributed by atoms with Crippen LogP contribution >= 0.6 is 0 Å². The van der Waals surface area contributed by atoms with E-state index in [2.05, 4.69) is 31.4 Å². The number of hydrogen-bond donors (Lipinski definition) is 2. The van der Waals surface area contributed by atoms with Gasteiger partial charge < -0.3 is 20.4 Å². The minimum atomic E-state index is -2.54. The lowest BCUT2D eigenvalue weighted by Crippen LogP contribution is -2.65. The lowest BCUT2D eigenvalue weighted by atomic mass is 9.92. The summed E-state index contributed by atoms with van der Waals surface area (Å²) in [7, 11) is 0. The SMILES string of the molecule is Cc1nc2ccc(-c3ccn4nc(N[C@H]5CCN(C6(C#N)COC6)C[C@H]5F)nc(N)c34)nc2n1CC(F)F. The van der Waals surface area contributed by atoms with Crippen molar-refractivity contribution in [1.29, 1.82) is 5.26 Å². The predicted octanol–water partition coefficient (Wildman–Crippen LogP) is 2.41. The van der Waals surface area contributed by atoms with Crippen molar-refractivity contribution in [1.82, 2.24) is 34.0 Å². The number of imidazole rings is 1. The molecular weight excluding hydrogens is 501 g/mol. The summed E-state index contributed by atoms with van der Waals surface area (Å²) < 4.78 is 49.4. The van der Waals surface area contributed by atoms with Gasteiger partial charge >= 0.3 is 0 Å². The molecule has 198 valence electrons. The average molecular weight is 527 g/mol. The van der Waals surface area contributed by atoms with Gasteiger partial charge in [-0.15, -0.1) is 5.10 Å². The first-order valence-electron chi connectivity index (χ1n) is 12.2. The van der Waals surface area contributed by atoms with Crippen LogP contribution in [0, 0.1) is 18.3 Å². The van der Waals surface area contributed by atoms with Crippen molar-refractivity contribution in [2.24, 2.45) is 0 Å². The van der Waals surface area contributed by atoms with Crippen LogP contribution in [0.4, 0.5) is 24.9 Å². The minimum Gasteiger partial charge on any atom is -0.382 e. The van der Waals surface area contributed by atoms with Crippen LogP contribution in [0.5, 0.6) is 0 Å². The first-order chi connectivity index (χ1) is 18.3. The molecule has 4 aromatic heterocycles. The number of nitriles is 1. The summed E-state index contributed by atoms with van der Waals surface area (Å²) in [4.78, 5) is 15.1. The largest absolute Gasteiger partial charge is 0.382 e. The van der Waals surface area contributed by atoms with Crippen LogP contribution in [0.3, 0.4) is 0 Å². The fourth-order valence-corrected chi connectivity index (χ4v) is 5.18. The number of anilines is 2. The number of alkyl halides is 3. The maximum Gasteiger partial charge on any atom is 0.256 e. The third-order valence-electron chi connectivity index (χ3n) is 7.27. The van der Waals surface area contributed by atoms with Crippen LogP contribution < -0.4 is 11.1 Å². The van der Waals surface area contributed by atoms with Crippen molar-refractivity contribution < 1.29 is 17.9 Å². The lowest BCUT2D eigenvalue weighted by Gasteiger charge is -2.48. The zero-order chi connectivity index (χ0) is 26.6. The Bertz CT molecular complexity index is 1560. The molecule has 2 atom stereocenters. The van der Waals surface area contributed by atoms with E-state index in [1.807, 2.05) is 4.90 Å². The Morgan fingerprint density at radius 2 is 2.08 bits per heavy atom. The molecule has 2 saturated heterocycles. The van der Waals surface area contributed by atoms with E-state index in [0.717, 1.165) is 0 Å². The monoisotopic (exact) mass is 526 g/mol. The second kappa shape index (κ2) is 9.10. The van der Waals surface area contributed by atoms with Crippen LogP contribution in [-0.2, 0) is 11.3 Å². The van der Waals surface area contributed by atoms with E-state index < -0.39 is 30.7 Å². The van der Waals surface area contributed by atoms with E-state index in [9.17, 15) is 14.0 Å². The number of ether oxygens (including phenoxy) is 1. The Hall–Kier alpha value is -3.96. The van der Waals surface area contributed by atoms with Gasteiger partial charge in [-0.1, -0.05) is 0 Å². The third kappa shape index (κ3) is 3.98. The van der Waals surface area contributed by atoms with E-state index in [1.165, 1.54) is 9.08 Å². The molecule has 0 unspecified atom stereocenters. The van der Waals surface area contributed by atoms with E-state index in [4.69, 9.17) is 10.5 Å². The molecule has 0 radical (unpaired) electrons. The zero-order valence-corrected chi connectivity index (χ0v) is 20.5. The second-order valence-electron chi connectivity index (χ2n) is 9.68. The maximum atomic E-state index is 15.1. The van der Waals surface area contributed by atoms with Gasteiger partial charge in [-0.3, -0.25) is 4.90 Å². The molecule has 0 aromatic carbocycles. The van der Waals surface area contributed by atoms with Crippen molar-refractivity contribution >= 4 is 28.4 Å². The number of rotatable bonds is 6. The lowest BCUT2D eigenvalue weighted by molar-refractivity contribution is -0.121. The Morgan fingerprint density at radius 3 is 2.76 bits per heavy atom. The number of halogens is 3. The minimum absolute atomic E-state index is 0.107. The summed E-state index contributed by atoms with van der Waals surface area (Å²) in [6.07, 6.45) is -1.64. The van der Waals surface area contributed by atoms with Gasteiger partial charge in [-0.05, 0) is 31.5 Å². The van der Waals surface area contributed by atoms with Crippen molar-refractivity contribution in [3.8, 4) is 17.3 Å². The fourth-order valence-electron chi connectivity index (χ4n) is 5.18. The van der Waals surface area contributed by atoms with Crippen LogP contribution in [0.25, 0.3) is 27.9 Å². The molecule has 3 N–H and O–H groups in total. The molecule has 38 heavy (non-hydrogen) atoms. The van der Waals surface area contributed by atoms with Gasteiger partial charge in [0, 0.05) is 24.8 Å². The predicted molar refractivity (Wildman–Crippen MR) is 132 cm³/mol. The molecule has 4 aromatic rings. The molecule has 2 aliphatic heterocycles. The van der Waals surface area contributed by atoms with Crippen LogP contribution in [0.1, 0.15) is 12.2 Å². The van der Waals surface area contributed by atoms with E-state index in [1.54, 1.807) is 31.3 Å². The van der Waals surface area contributed by atoms with Crippen molar-refractivity contribution in [2.45, 2.75) is 44.1 Å². The van der Waals surface area contributed by atoms with Gasteiger partial charge in [0.1, 0.15) is 23.0 Å². The molecule has 0 spiro atoms. The Kier molecular flexibility index (Phi) is 5.84. The number of hydrogen-bond acceptors (Lipinski definition) is 9. The quantitative estimate of drug-likeness (QED) is 0.388. The summed E-state index contributed by atoms with van der Waals surface area (Å²) >= 11 is 0. The molecule has 0 bridgehead atoms. The standard InChI is InChI=1S/C24H25F3N10O/c1-13-30-18-3-2-16(31-22(18)36(13)9-19(26)27)14-4-7-37-20(14)21(29)33-23(34-37)32-17-5-6-35(8-15(17)25)24(10-28)11-38-12-24/h2-4,7,15,17,19H,5-6,8-9,11-12H2,1H3,(H3,29,32,33,34)/t15-,17+/m1/s1. The average Bonchev–Trinajstić information content (AvgIpc) is 3.41.